The molecule has 0 aromatic heterocycles. The van der Waals surface area contributed by atoms with Crippen LogP contribution in [0.5, 0.6) is 5.75 Å². The van der Waals surface area contributed by atoms with Gasteiger partial charge in [-0.15, -0.1) is 0 Å². The molecule has 0 bridgehead atoms. The zero-order valence-corrected chi connectivity index (χ0v) is 11.5. The van der Waals surface area contributed by atoms with E-state index in [1.807, 2.05) is 25.1 Å². The Balaban J connectivity index is 2.57. The third-order valence-corrected chi connectivity index (χ3v) is 3.22. The minimum absolute atomic E-state index is 0.360. The van der Waals surface area contributed by atoms with E-state index in [1.165, 1.54) is 18.2 Å². The van der Waals surface area contributed by atoms with Crippen molar-refractivity contribution in [2.24, 2.45) is 5.84 Å². The van der Waals surface area contributed by atoms with Crippen LogP contribution in [0.1, 0.15) is 22.7 Å². The first kappa shape index (κ1) is 14.3. The maximum atomic E-state index is 13.5. The number of benzene rings is 2. The molecule has 2 rings (SSSR count). The molecule has 4 nitrogen and oxygen atoms in total. The smallest absolute Gasteiger partial charge is 0.124 e. The number of halogens is 1. The van der Waals surface area contributed by atoms with Gasteiger partial charge in [0.05, 0.1) is 13.2 Å². The monoisotopic (exact) mass is 275 g/mol. The third kappa shape index (κ3) is 2.74. The molecule has 0 saturated carbocycles. The van der Waals surface area contributed by atoms with E-state index in [9.17, 15) is 4.39 Å². The highest BCUT2D eigenvalue weighted by atomic mass is 19.1. The van der Waals surface area contributed by atoms with Crippen LogP contribution in [0.3, 0.4) is 0 Å². The van der Waals surface area contributed by atoms with Gasteiger partial charge in [-0.1, -0.05) is 17.7 Å². The van der Waals surface area contributed by atoms with Gasteiger partial charge in [-0.05, 0) is 31.2 Å². The Morgan fingerprint density at radius 1 is 1.15 bits per heavy atom. The van der Waals surface area contributed by atoms with Crippen LogP contribution < -0.4 is 21.7 Å². The Kier molecular flexibility index (Phi) is 4.22. The Labute approximate surface area is 117 Å². The van der Waals surface area contributed by atoms with E-state index in [2.05, 4.69) is 5.43 Å². The molecule has 0 fully saturated rings. The number of nitrogens with two attached hydrogens (primary N) is 2. The lowest BCUT2D eigenvalue weighted by Crippen LogP contribution is -2.30. The van der Waals surface area contributed by atoms with Gasteiger partial charge in [0.1, 0.15) is 11.6 Å². The normalized spacial score (nSPS) is 12.2. The van der Waals surface area contributed by atoms with Crippen molar-refractivity contribution in [2.75, 3.05) is 12.8 Å². The molecule has 1 unspecified atom stereocenters. The average Bonchev–Trinajstić information content (AvgIpc) is 2.44. The molecule has 0 amide bonds. The fraction of sp³-hybridized carbons (Fsp3) is 0.200. The van der Waals surface area contributed by atoms with E-state index in [0.717, 1.165) is 11.1 Å². The first-order chi connectivity index (χ1) is 9.56. The molecule has 20 heavy (non-hydrogen) atoms. The zero-order valence-electron chi connectivity index (χ0n) is 11.5. The Morgan fingerprint density at radius 3 is 2.55 bits per heavy atom. The van der Waals surface area contributed by atoms with Crippen LogP contribution in [0.25, 0.3) is 0 Å². The first-order valence-corrected chi connectivity index (χ1v) is 6.22. The molecule has 0 spiro atoms. The van der Waals surface area contributed by atoms with Crippen molar-refractivity contribution in [3.63, 3.8) is 0 Å². The number of ether oxygens (including phenoxy) is 1. The van der Waals surface area contributed by atoms with Crippen LogP contribution in [-0.2, 0) is 0 Å². The summed E-state index contributed by atoms with van der Waals surface area (Å²) < 4.78 is 18.8. The van der Waals surface area contributed by atoms with Crippen LogP contribution in [-0.4, -0.2) is 7.11 Å². The Morgan fingerprint density at radius 2 is 1.90 bits per heavy atom. The maximum absolute atomic E-state index is 13.5. The summed E-state index contributed by atoms with van der Waals surface area (Å²) in [6.45, 7) is 1.96. The summed E-state index contributed by atoms with van der Waals surface area (Å²) in [4.78, 5) is 0. The Bertz CT molecular complexity index is 616. The van der Waals surface area contributed by atoms with Crippen LogP contribution in [0, 0.1) is 12.7 Å². The quantitative estimate of drug-likeness (QED) is 0.455. The van der Waals surface area contributed by atoms with Gasteiger partial charge in [0.25, 0.3) is 0 Å². The van der Waals surface area contributed by atoms with Crippen LogP contribution in [0.15, 0.2) is 36.4 Å². The SMILES string of the molecule is COc1ccc(C)cc1C(NN)c1cc(F)ccc1N. The van der Waals surface area contributed by atoms with Crippen LogP contribution >= 0.6 is 0 Å². The number of aryl methyl sites for hydroxylation is 1. The summed E-state index contributed by atoms with van der Waals surface area (Å²) in [7, 11) is 1.58. The number of hydrogen-bond acceptors (Lipinski definition) is 4. The van der Waals surface area contributed by atoms with E-state index in [-0.39, 0.29) is 5.82 Å². The number of nitrogen functional groups attached to an aromatic ring is 1. The highest BCUT2D eigenvalue weighted by Crippen LogP contribution is 2.33. The second-order valence-electron chi connectivity index (χ2n) is 4.62. The predicted octanol–water partition coefficient (Wildman–Crippen LogP) is 2.28. The Hall–Kier alpha value is -2.11. The van der Waals surface area contributed by atoms with Gasteiger partial charge in [0.15, 0.2) is 0 Å². The largest absolute Gasteiger partial charge is 0.496 e. The molecule has 2 aromatic rings. The molecule has 1 atom stereocenters. The number of nitrogens with one attached hydrogen (secondary N) is 1. The van der Waals surface area contributed by atoms with E-state index in [4.69, 9.17) is 16.3 Å². The third-order valence-electron chi connectivity index (χ3n) is 3.22. The van der Waals surface area contributed by atoms with Gasteiger partial charge in [-0.25, -0.2) is 9.82 Å². The minimum Gasteiger partial charge on any atom is -0.496 e. The first-order valence-electron chi connectivity index (χ1n) is 6.22. The average molecular weight is 275 g/mol. The molecular weight excluding hydrogens is 257 g/mol. The lowest BCUT2D eigenvalue weighted by molar-refractivity contribution is 0.404. The topological polar surface area (TPSA) is 73.3 Å². The molecule has 5 N–H and O–H groups in total. The van der Waals surface area contributed by atoms with Gasteiger partial charge in [0.2, 0.25) is 0 Å². The van der Waals surface area contributed by atoms with Crippen molar-refractivity contribution in [3.8, 4) is 5.75 Å². The van der Waals surface area contributed by atoms with Crippen molar-refractivity contribution in [2.45, 2.75) is 13.0 Å². The predicted molar refractivity (Wildman–Crippen MR) is 77.7 cm³/mol. The number of anilines is 1. The standard InChI is InChI=1S/C15H18FN3O/c1-9-3-6-14(20-2)12(7-9)15(19-18)11-8-10(16)4-5-13(11)17/h3-8,15,19H,17-18H2,1-2H3. The molecule has 0 saturated heterocycles. The molecule has 0 heterocycles. The van der Waals surface area contributed by atoms with Crippen LogP contribution in [0.2, 0.25) is 0 Å². The van der Waals surface area contributed by atoms with E-state index < -0.39 is 6.04 Å². The molecule has 0 aliphatic rings. The van der Waals surface area contributed by atoms with E-state index in [1.54, 1.807) is 7.11 Å². The van der Waals surface area contributed by atoms with Gasteiger partial charge in [-0.2, -0.15) is 0 Å². The van der Waals surface area contributed by atoms with Crippen molar-refractivity contribution >= 4 is 5.69 Å². The molecular formula is C15H18FN3O. The highest BCUT2D eigenvalue weighted by molar-refractivity contribution is 5.54. The summed E-state index contributed by atoms with van der Waals surface area (Å²) >= 11 is 0. The highest BCUT2D eigenvalue weighted by Gasteiger charge is 2.20. The second-order valence-corrected chi connectivity index (χ2v) is 4.62. The number of methoxy groups -OCH3 is 1. The molecule has 0 radical (unpaired) electrons. The van der Waals surface area contributed by atoms with E-state index in [0.29, 0.717) is 17.0 Å². The van der Waals surface area contributed by atoms with Gasteiger partial charge in [0, 0.05) is 16.8 Å². The van der Waals surface area contributed by atoms with Crippen LogP contribution in [0.4, 0.5) is 10.1 Å². The lowest BCUT2D eigenvalue weighted by atomic mass is 9.95. The lowest BCUT2D eigenvalue weighted by Gasteiger charge is -2.21. The van der Waals surface area contributed by atoms with Crippen molar-refractivity contribution < 1.29 is 9.13 Å². The fourth-order valence-electron chi connectivity index (χ4n) is 2.22. The second kappa shape index (κ2) is 5.90. The van der Waals surface area contributed by atoms with Gasteiger partial charge >= 0.3 is 0 Å². The summed E-state index contributed by atoms with van der Waals surface area (Å²) in [5, 5.41) is 0. The van der Waals surface area contributed by atoms with Gasteiger partial charge in [-0.3, -0.25) is 5.84 Å². The molecule has 2 aromatic carbocycles. The van der Waals surface area contributed by atoms with E-state index >= 15 is 0 Å². The summed E-state index contributed by atoms with van der Waals surface area (Å²) in [5.74, 6) is 5.95. The summed E-state index contributed by atoms with van der Waals surface area (Å²) in [6.07, 6.45) is 0. The summed E-state index contributed by atoms with van der Waals surface area (Å²) in [5.41, 5.74) is 11.5. The van der Waals surface area contributed by atoms with Gasteiger partial charge < -0.3 is 10.5 Å². The van der Waals surface area contributed by atoms with Crippen molar-refractivity contribution in [1.82, 2.24) is 5.43 Å². The molecule has 106 valence electrons. The van der Waals surface area contributed by atoms with Crippen molar-refractivity contribution in [3.05, 3.63) is 58.9 Å². The fourth-order valence-corrected chi connectivity index (χ4v) is 2.22. The summed E-state index contributed by atoms with van der Waals surface area (Å²) in [6, 6.07) is 9.50. The number of hydrazine groups is 1. The number of rotatable bonds is 4. The zero-order chi connectivity index (χ0) is 14.7. The molecule has 0 aliphatic carbocycles. The maximum Gasteiger partial charge on any atom is 0.124 e. The molecule has 5 heteroatoms. The van der Waals surface area contributed by atoms with Crippen molar-refractivity contribution in [1.29, 1.82) is 0 Å². The number of hydrogen-bond donors (Lipinski definition) is 3. The minimum atomic E-state index is -0.444. The molecule has 0 aliphatic heterocycles.